The number of hydrogen-bond donors (Lipinski definition) is 1. The molecule has 1 fully saturated rings. The maximum Gasteiger partial charge on any atom is 0.0576 e. The summed E-state index contributed by atoms with van der Waals surface area (Å²) in [5.41, 5.74) is 1.17. The van der Waals surface area contributed by atoms with Gasteiger partial charge in [-0.05, 0) is 36.4 Å². The Morgan fingerprint density at radius 1 is 1.58 bits per heavy atom. The third-order valence-corrected chi connectivity index (χ3v) is 3.43. The van der Waals surface area contributed by atoms with Gasteiger partial charge in [0.15, 0.2) is 0 Å². The van der Waals surface area contributed by atoms with E-state index in [1.807, 2.05) is 5.38 Å². The zero-order valence-electron chi connectivity index (χ0n) is 7.10. The Morgan fingerprint density at radius 2 is 2.42 bits per heavy atom. The Hall–Kier alpha value is -0.410. The number of aromatic nitrogens is 1. The van der Waals surface area contributed by atoms with Gasteiger partial charge in [0.2, 0.25) is 0 Å². The average molecular weight is 183 g/mol. The summed E-state index contributed by atoms with van der Waals surface area (Å²) in [7, 11) is 0. The van der Waals surface area contributed by atoms with Gasteiger partial charge in [-0.1, -0.05) is 6.92 Å². The standard InChI is InChI=1S/C9H13NOS/c1-6-7(2-3-9(6)11)8-4-5-12-10-8/h4-7,9,11H,2-3H2,1H3. The molecule has 0 saturated heterocycles. The minimum absolute atomic E-state index is 0.114. The molecule has 1 saturated carbocycles. The topological polar surface area (TPSA) is 33.1 Å². The van der Waals surface area contributed by atoms with Gasteiger partial charge in [-0.3, -0.25) is 0 Å². The monoisotopic (exact) mass is 183 g/mol. The van der Waals surface area contributed by atoms with Crippen LogP contribution >= 0.6 is 11.5 Å². The van der Waals surface area contributed by atoms with Gasteiger partial charge < -0.3 is 5.11 Å². The number of aliphatic hydroxyl groups is 1. The predicted molar refractivity (Wildman–Crippen MR) is 49.3 cm³/mol. The summed E-state index contributed by atoms with van der Waals surface area (Å²) in [4.78, 5) is 0. The number of hydrogen-bond acceptors (Lipinski definition) is 3. The number of rotatable bonds is 1. The normalized spacial score (nSPS) is 35.7. The molecule has 0 bridgehead atoms. The lowest BCUT2D eigenvalue weighted by Crippen LogP contribution is -2.14. The SMILES string of the molecule is CC1C(O)CCC1c1ccsn1. The molecule has 2 nitrogen and oxygen atoms in total. The molecule has 3 unspecified atom stereocenters. The molecule has 1 N–H and O–H groups in total. The van der Waals surface area contributed by atoms with E-state index in [2.05, 4.69) is 17.4 Å². The maximum absolute atomic E-state index is 9.54. The summed E-state index contributed by atoms with van der Waals surface area (Å²) in [5, 5.41) is 11.5. The van der Waals surface area contributed by atoms with Crippen LogP contribution in [-0.2, 0) is 0 Å². The van der Waals surface area contributed by atoms with Crippen molar-refractivity contribution in [1.29, 1.82) is 0 Å². The first-order valence-corrected chi connectivity index (χ1v) is 5.21. The minimum atomic E-state index is -0.114. The lowest BCUT2D eigenvalue weighted by atomic mass is 9.94. The van der Waals surface area contributed by atoms with Crippen LogP contribution in [0.1, 0.15) is 31.4 Å². The van der Waals surface area contributed by atoms with Crippen molar-refractivity contribution >= 4 is 11.5 Å². The Balaban J connectivity index is 2.16. The van der Waals surface area contributed by atoms with E-state index in [4.69, 9.17) is 0 Å². The molecule has 3 atom stereocenters. The summed E-state index contributed by atoms with van der Waals surface area (Å²) in [6, 6.07) is 2.07. The Morgan fingerprint density at radius 3 is 2.92 bits per heavy atom. The molecule has 0 radical (unpaired) electrons. The van der Waals surface area contributed by atoms with Crippen molar-refractivity contribution < 1.29 is 5.11 Å². The molecule has 0 aromatic carbocycles. The second-order valence-electron chi connectivity index (χ2n) is 3.53. The minimum Gasteiger partial charge on any atom is -0.393 e. The van der Waals surface area contributed by atoms with E-state index in [0.29, 0.717) is 11.8 Å². The molecule has 1 aliphatic carbocycles. The third kappa shape index (κ3) is 1.27. The Bertz CT molecular complexity index is 247. The van der Waals surface area contributed by atoms with E-state index in [9.17, 15) is 5.11 Å². The van der Waals surface area contributed by atoms with Crippen LogP contribution in [0.4, 0.5) is 0 Å². The molecule has 2 rings (SSSR count). The van der Waals surface area contributed by atoms with Crippen LogP contribution in [0.15, 0.2) is 11.4 Å². The van der Waals surface area contributed by atoms with Crippen molar-refractivity contribution in [2.45, 2.75) is 31.8 Å². The first-order valence-electron chi connectivity index (χ1n) is 4.37. The van der Waals surface area contributed by atoms with Crippen LogP contribution in [0.2, 0.25) is 0 Å². The van der Waals surface area contributed by atoms with E-state index < -0.39 is 0 Å². The maximum atomic E-state index is 9.54. The first-order chi connectivity index (χ1) is 5.79. The van der Waals surface area contributed by atoms with Crippen LogP contribution in [-0.4, -0.2) is 15.6 Å². The second-order valence-corrected chi connectivity index (χ2v) is 4.20. The number of nitrogens with zero attached hydrogens (tertiary/aromatic N) is 1. The molecule has 12 heavy (non-hydrogen) atoms. The molecule has 1 heterocycles. The van der Waals surface area contributed by atoms with Gasteiger partial charge in [-0.2, -0.15) is 4.37 Å². The van der Waals surface area contributed by atoms with Crippen LogP contribution in [0, 0.1) is 5.92 Å². The highest BCUT2D eigenvalue weighted by molar-refractivity contribution is 7.03. The van der Waals surface area contributed by atoms with Gasteiger partial charge in [-0.15, -0.1) is 0 Å². The molecule has 0 spiro atoms. The highest BCUT2D eigenvalue weighted by Gasteiger charge is 2.33. The quantitative estimate of drug-likeness (QED) is 0.722. The van der Waals surface area contributed by atoms with Gasteiger partial charge in [0.05, 0.1) is 11.8 Å². The summed E-state index contributed by atoms with van der Waals surface area (Å²) < 4.78 is 4.31. The van der Waals surface area contributed by atoms with E-state index >= 15 is 0 Å². The second kappa shape index (κ2) is 3.15. The fraction of sp³-hybridized carbons (Fsp3) is 0.667. The van der Waals surface area contributed by atoms with Crippen LogP contribution in [0.25, 0.3) is 0 Å². The third-order valence-electron chi connectivity index (χ3n) is 2.85. The Labute approximate surface area is 76.4 Å². The van der Waals surface area contributed by atoms with E-state index in [-0.39, 0.29) is 6.10 Å². The molecule has 1 aromatic heterocycles. The average Bonchev–Trinajstić information content (AvgIpc) is 2.64. The molecule has 1 aromatic rings. The molecule has 66 valence electrons. The largest absolute Gasteiger partial charge is 0.393 e. The molecule has 0 aliphatic heterocycles. The van der Waals surface area contributed by atoms with Crippen molar-refractivity contribution in [3.8, 4) is 0 Å². The zero-order chi connectivity index (χ0) is 8.55. The van der Waals surface area contributed by atoms with Crippen molar-refractivity contribution in [3.63, 3.8) is 0 Å². The smallest absolute Gasteiger partial charge is 0.0576 e. The van der Waals surface area contributed by atoms with Crippen molar-refractivity contribution in [2.75, 3.05) is 0 Å². The predicted octanol–water partition coefficient (Wildman–Crippen LogP) is 2.02. The lowest BCUT2D eigenvalue weighted by Gasteiger charge is -2.14. The van der Waals surface area contributed by atoms with Gasteiger partial charge in [-0.25, -0.2) is 0 Å². The summed E-state index contributed by atoms with van der Waals surface area (Å²) in [6.07, 6.45) is 1.91. The van der Waals surface area contributed by atoms with Gasteiger partial charge >= 0.3 is 0 Å². The fourth-order valence-electron chi connectivity index (χ4n) is 1.97. The van der Waals surface area contributed by atoms with Crippen molar-refractivity contribution in [2.24, 2.45) is 5.92 Å². The molecular weight excluding hydrogens is 170 g/mol. The van der Waals surface area contributed by atoms with Gasteiger partial charge in [0, 0.05) is 11.3 Å². The van der Waals surface area contributed by atoms with E-state index in [0.717, 1.165) is 12.8 Å². The molecular formula is C9H13NOS. The summed E-state index contributed by atoms with van der Waals surface area (Å²) >= 11 is 1.50. The Kier molecular flexibility index (Phi) is 2.15. The molecule has 1 aliphatic rings. The van der Waals surface area contributed by atoms with Crippen LogP contribution in [0.3, 0.4) is 0 Å². The molecule has 3 heteroatoms. The zero-order valence-corrected chi connectivity index (χ0v) is 7.92. The lowest BCUT2D eigenvalue weighted by molar-refractivity contribution is 0.136. The van der Waals surface area contributed by atoms with Crippen molar-refractivity contribution in [3.05, 3.63) is 17.1 Å². The van der Waals surface area contributed by atoms with Crippen molar-refractivity contribution in [1.82, 2.24) is 4.37 Å². The fourth-order valence-corrected chi connectivity index (χ4v) is 2.55. The summed E-state index contributed by atoms with van der Waals surface area (Å²) in [6.45, 7) is 2.11. The van der Waals surface area contributed by atoms with E-state index in [1.165, 1.54) is 17.2 Å². The van der Waals surface area contributed by atoms with Gasteiger partial charge in [0.25, 0.3) is 0 Å². The van der Waals surface area contributed by atoms with E-state index in [1.54, 1.807) is 0 Å². The van der Waals surface area contributed by atoms with Crippen LogP contribution in [0.5, 0.6) is 0 Å². The highest BCUT2D eigenvalue weighted by atomic mass is 32.1. The molecule has 0 amide bonds. The van der Waals surface area contributed by atoms with Gasteiger partial charge in [0.1, 0.15) is 0 Å². The first kappa shape index (κ1) is 8.20. The summed E-state index contributed by atoms with van der Waals surface area (Å²) in [5.74, 6) is 0.873. The van der Waals surface area contributed by atoms with Crippen LogP contribution < -0.4 is 0 Å². The highest BCUT2D eigenvalue weighted by Crippen LogP contribution is 2.38. The number of aliphatic hydroxyl groups excluding tert-OH is 1.